The zero-order valence-electron chi connectivity index (χ0n) is 13.3. The minimum absolute atomic E-state index is 0.0120. The van der Waals surface area contributed by atoms with Gasteiger partial charge in [-0.05, 0) is 25.8 Å². The van der Waals surface area contributed by atoms with Gasteiger partial charge >= 0.3 is 5.97 Å². The predicted molar refractivity (Wildman–Crippen MR) is 89.5 cm³/mol. The molecular formula is C18H17FN2O3. The highest BCUT2D eigenvalue weighted by Gasteiger charge is 2.30. The summed E-state index contributed by atoms with van der Waals surface area (Å²) in [5.74, 6) is -1.73. The number of nitrogens with zero attached hydrogens (tertiary/aromatic N) is 2. The number of rotatable bonds is 2. The van der Waals surface area contributed by atoms with Gasteiger partial charge < -0.3 is 14.6 Å². The first-order valence-electron chi connectivity index (χ1n) is 8.02. The number of pyridine rings is 1. The number of carbonyl (C=O) groups is 1. The number of hydrogen-bond donors (Lipinski definition) is 1. The molecule has 1 aromatic heterocycles. The van der Waals surface area contributed by atoms with E-state index in [-0.39, 0.29) is 17.0 Å². The molecule has 1 unspecified atom stereocenters. The fourth-order valence-electron chi connectivity index (χ4n) is 3.83. The summed E-state index contributed by atoms with van der Waals surface area (Å²) < 4.78 is 16.7. The molecule has 6 heteroatoms. The quantitative estimate of drug-likeness (QED) is 0.861. The molecule has 1 N–H and O–H groups in total. The van der Waals surface area contributed by atoms with E-state index >= 15 is 0 Å². The molecule has 2 aliphatic rings. The molecule has 0 saturated carbocycles. The van der Waals surface area contributed by atoms with Crippen molar-refractivity contribution in [2.24, 2.45) is 0 Å². The minimum atomic E-state index is -1.28. The van der Waals surface area contributed by atoms with Crippen molar-refractivity contribution in [1.82, 2.24) is 4.57 Å². The van der Waals surface area contributed by atoms with Crippen molar-refractivity contribution in [3.05, 3.63) is 51.6 Å². The topological polar surface area (TPSA) is 62.5 Å². The van der Waals surface area contributed by atoms with Crippen LogP contribution < -0.4 is 10.3 Å². The van der Waals surface area contributed by atoms with Gasteiger partial charge in [0.25, 0.3) is 0 Å². The SMILES string of the molecule is CC1Cc2c(N3CC=CCC3)c(F)cc3c(=O)c(C(=O)O)cn1c23. The first-order chi connectivity index (χ1) is 11.5. The van der Waals surface area contributed by atoms with E-state index in [2.05, 4.69) is 6.08 Å². The molecule has 5 nitrogen and oxygen atoms in total. The lowest BCUT2D eigenvalue weighted by atomic mass is 10.0. The van der Waals surface area contributed by atoms with Crippen LogP contribution in [0.4, 0.5) is 10.1 Å². The fraction of sp³-hybridized carbons (Fsp3) is 0.333. The van der Waals surface area contributed by atoms with Crippen LogP contribution in [0.25, 0.3) is 10.9 Å². The molecule has 124 valence electrons. The molecule has 1 aromatic carbocycles. The molecule has 0 aliphatic carbocycles. The second-order valence-corrected chi connectivity index (χ2v) is 6.43. The van der Waals surface area contributed by atoms with E-state index in [0.717, 1.165) is 18.5 Å². The number of aromatic nitrogens is 1. The fourth-order valence-corrected chi connectivity index (χ4v) is 3.83. The molecule has 2 aliphatic heterocycles. The van der Waals surface area contributed by atoms with Crippen molar-refractivity contribution >= 4 is 22.6 Å². The molecular weight excluding hydrogens is 311 g/mol. The minimum Gasteiger partial charge on any atom is -0.477 e. The molecule has 0 saturated heterocycles. The number of benzene rings is 1. The van der Waals surface area contributed by atoms with Gasteiger partial charge in [-0.3, -0.25) is 4.79 Å². The van der Waals surface area contributed by atoms with Gasteiger partial charge in [-0.2, -0.15) is 0 Å². The smallest absolute Gasteiger partial charge is 0.341 e. The Hall–Kier alpha value is -2.63. The lowest BCUT2D eigenvalue weighted by Crippen LogP contribution is -2.29. The number of halogens is 1. The standard InChI is InChI=1S/C18H17FN2O3/c1-10-7-11-15-12(17(22)13(18(23)24)9-21(10)15)8-14(19)16(11)20-5-3-2-4-6-20/h2-3,8-10H,4-7H2,1H3,(H,23,24). The second kappa shape index (κ2) is 5.19. The molecule has 0 amide bonds. The number of aromatic carboxylic acids is 1. The Morgan fingerprint density at radius 3 is 2.83 bits per heavy atom. The second-order valence-electron chi connectivity index (χ2n) is 6.43. The largest absolute Gasteiger partial charge is 0.477 e. The van der Waals surface area contributed by atoms with Gasteiger partial charge in [0.2, 0.25) is 5.43 Å². The zero-order chi connectivity index (χ0) is 17.0. The van der Waals surface area contributed by atoms with Crippen LogP contribution in [0, 0.1) is 5.82 Å². The summed E-state index contributed by atoms with van der Waals surface area (Å²) >= 11 is 0. The van der Waals surface area contributed by atoms with Crippen LogP contribution in [0.2, 0.25) is 0 Å². The number of hydrogen-bond acceptors (Lipinski definition) is 3. The van der Waals surface area contributed by atoms with Crippen molar-refractivity contribution < 1.29 is 14.3 Å². The molecule has 0 radical (unpaired) electrons. The normalized spacial score (nSPS) is 19.2. The summed E-state index contributed by atoms with van der Waals surface area (Å²) in [7, 11) is 0. The molecule has 0 bridgehead atoms. The van der Waals surface area contributed by atoms with Gasteiger partial charge in [0.05, 0.1) is 11.2 Å². The highest BCUT2D eigenvalue weighted by molar-refractivity contribution is 5.96. The van der Waals surface area contributed by atoms with Crippen molar-refractivity contribution in [2.75, 3.05) is 18.0 Å². The summed E-state index contributed by atoms with van der Waals surface area (Å²) in [5, 5.41) is 9.41. The van der Waals surface area contributed by atoms with Crippen LogP contribution in [0.1, 0.15) is 35.3 Å². The maximum atomic E-state index is 14.9. The summed E-state index contributed by atoms with van der Waals surface area (Å²) in [5.41, 5.74) is 1.10. The number of anilines is 1. The molecule has 24 heavy (non-hydrogen) atoms. The van der Waals surface area contributed by atoms with E-state index in [9.17, 15) is 19.1 Å². The summed E-state index contributed by atoms with van der Waals surface area (Å²) in [4.78, 5) is 25.8. The van der Waals surface area contributed by atoms with Crippen LogP contribution >= 0.6 is 0 Å². The van der Waals surface area contributed by atoms with E-state index < -0.39 is 17.2 Å². The van der Waals surface area contributed by atoms with Crippen LogP contribution in [0.5, 0.6) is 0 Å². The van der Waals surface area contributed by atoms with Crippen LogP contribution in [-0.4, -0.2) is 28.7 Å². The summed E-state index contributed by atoms with van der Waals surface area (Å²) in [6.45, 7) is 3.33. The van der Waals surface area contributed by atoms with Gasteiger partial charge in [-0.1, -0.05) is 12.2 Å². The Morgan fingerprint density at radius 2 is 2.17 bits per heavy atom. The first-order valence-corrected chi connectivity index (χ1v) is 8.02. The van der Waals surface area contributed by atoms with E-state index in [1.165, 1.54) is 12.3 Å². The molecule has 2 aromatic rings. The third-order valence-corrected chi connectivity index (χ3v) is 4.92. The Bertz CT molecular complexity index is 961. The molecule has 3 heterocycles. The Labute approximate surface area is 137 Å². The van der Waals surface area contributed by atoms with E-state index in [4.69, 9.17) is 0 Å². The summed E-state index contributed by atoms with van der Waals surface area (Å²) in [6, 6.07) is 1.19. The van der Waals surface area contributed by atoms with Crippen molar-refractivity contribution in [2.45, 2.75) is 25.8 Å². The third kappa shape index (κ3) is 1.99. The van der Waals surface area contributed by atoms with Crippen LogP contribution in [0.15, 0.2) is 29.2 Å². The number of carboxylic acid groups (broad SMARTS) is 1. The van der Waals surface area contributed by atoms with Gasteiger partial charge in [-0.15, -0.1) is 0 Å². The van der Waals surface area contributed by atoms with Crippen LogP contribution in [-0.2, 0) is 6.42 Å². The highest BCUT2D eigenvalue weighted by atomic mass is 19.1. The average molecular weight is 328 g/mol. The number of carboxylic acids is 1. The Kier molecular flexibility index (Phi) is 3.23. The molecule has 1 atom stereocenters. The lowest BCUT2D eigenvalue weighted by Gasteiger charge is -2.28. The van der Waals surface area contributed by atoms with Gasteiger partial charge in [-0.25, -0.2) is 9.18 Å². The molecule has 0 spiro atoms. The van der Waals surface area contributed by atoms with Gasteiger partial charge in [0.15, 0.2) is 0 Å². The van der Waals surface area contributed by atoms with Crippen molar-refractivity contribution in [3.63, 3.8) is 0 Å². The zero-order valence-corrected chi connectivity index (χ0v) is 13.3. The van der Waals surface area contributed by atoms with Crippen molar-refractivity contribution in [3.8, 4) is 0 Å². The third-order valence-electron chi connectivity index (χ3n) is 4.92. The lowest BCUT2D eigenvalue weighted by molar-refractivity contribution is 0.0694. The maximum Gasteiger partial charge on any atom is 0.341 e. The molecule has 0 fully saturated rings. The maximum absolute atomic E-state index is 14.9. The van der Waals surface area contributed by atoms with Gasteiger partial charge in [0, 0.05) is 36.3 Å². The predicted octanol–water partition coefficient (Wildman–Crippen LogP) is 2.72. The average Bonchev–Trinajstić information content (AvgIpc) is 2.87. The van der Waals surface area contributed by atoms with E-state index in [1.807, 2.05) is 17.9 Å². The van der Waals surface area contributed by atoms with Gasteiger partial charge in [0.1, 0.15) is 11.4 Å². The first kappa shape index (κ1) is 14.9. The Balaban J connectivity index is 2.05. The summed E-state index contributed by atoms with van der Waals surface area (Å²) in [6.07, 6.45) is 6.93. The van der Waals surface area contributed by atoms with E-state index in [0.29, 0.717) is 24.2 Å². The van der Waals surface area contributed by atoms with Crippen molar-refractivity contribution in [1.29, 1.82) is 0 Å². The molecule has 4 rings (SSSR count). The monoisotopic (exact) mass is 328 g/mol. The Morgan fingerprint density at radius 1 is 1.38 bits per heavy atom. The van der Waals surface area contributed by atoms with Crippen LogP contribution in [0.3, 0.4) is 0 Å². The highest BCUT2D eigenvalue weighted by Crippen LogP contribution is 2.39. The van der Waals surface area contributed by atoms with E-state index in [1.54, 1.807) is 4.57 Å².